The topological polar surface area (TPSA) is 50.4 Å². The standard InChI is InChI=1S/C15H22N2O2/c1-9(2)12(8-16-4)11-5-6-13-14(7-11)19-10(3)15(18)17-13/h5-7,9-10,12,16H,8H2,1-4H3,(H,17,18). The highest BCUT2D eigenvalue weighted by atomic mass is 16.5. The van der Waals surface area contributed by atoms with Gasteiger partial charge in [0.1, 0.15) is 5.75 Å². The van der Waals surface area contributed by atoms with Crippen molar-refractivity contribution in [2.24, 2.45) is 5.92 Å². The van der Waals surface area contributed by atoms with E-state index in [4.69, 9.17) is 4.74 Å². The molecule has 1 heterocycles. The van der Waals surface area contributed by atoms with Crippen molar-refractivity contribution in [2.75, 3.05) is 18.9 Å². The summed E-state index contributed by atoms with van der Waals surface area (Å²) in [5.74, 6) is 1.66. The molecular weight excluding hydrogens is 240 g/mol. The Morgan fingerprint density at radius 3 is 2.79 bits per heavy atom. The number of hydrogen-bond acceptors (Lipinski definition) is 3. The van der Waals surface area contributed by atoms with Crippen molar-refractivity contribution in [3.05, 3.63) is 23.8 Å². The summed E-state index contributed by atoms with van der Waals surface area (Å²) in [7, 11) is 1.96. The van der Waals surface area contributed by atoms with E-state index in [1.807, 2.05) is 19.2 Å². The SMILES string of the molecule is CNCC(c1ccc2c(c1)OC(C)C(=O)N2)C(C)C. The van der Waals surface area contributed by atoms with Crippen LogP contribution in [0.5, 0.6) is 5.75 Å². The molecule has 4 heteroatoms. The summed E-state index contributed by atoms with van der Waals surface area (Å²) in [6, 6.07) is 6.05. The fourth-order valence-corrected chi connectivity index (χ4v) is 2.41. The maximum atomic E-state index is 11.5. The molecule has 0 aliphatic carbocycles. The van der Waals surface area contributed by atoms with Crippen molar-refractivity contribution in [3.63, 3.8) is 0 Å². The van der Waals surface area contributed by atoms with Crippen molar-refractivity contribution in [1.29, 1.82) is 0 Å². The molecular formula is C15H22N2O2. The van der Waals surface area contributed by atoms with Gasteiger partial charge in [-0.15, -0.1) is 0 Å². The molecule has 2 atom stereocenters. The van der Waals surface area contributed by atoms with Gasteiger partial charge in [-0.1, -0.05) is 19.9 Å². The van der Waals surface area contributed by atoms with Crippen LogP contribution < -0.4 is 15.4 Å². The highest BCUT2D eigenvalue weighted by molar-refractivity contribution is 5.97. The quantitative estimate of drug-likeness (QED) is 0.876. The number of rotatable bonds is 4. The number of amides is 1. The van der Waals surface area contributed by atoms with Crippen LogP contribution in [-0.4, -0.2) is 25.6 Å². The number of hydrogen-bond donors (Lipinski definition) is 2. The smallest absolute Gasteiger partial charge is 0.265 e. The molecule has 0 radical (unpaired) electrons. The Balaban J connectivity index is 2.30. The van der Waals surface area contributed by atoms with Gasteiger partial charge in [-0.25, -0.2) is 0 Å². The molecule has 1 aromatic carbocycles. The normalized spacial score (nSPS) is 19.6. The minimum absolute atomic E-state index is 0.0871. The molecule has 0 spiro atoms. The van der Waals surface area contributed by atoms with Crippen LogP contribution in [0.3, 0.4) is 0 Å². The number of anilines is 1. The Bertz CT molecular complexity index is 471. The van der Waals surface area contributed by atoms with E-state index >= 15 is 0 Å². The summed E-state index contributed by atoms with van der Waals surface area (Å²) in [6.07, 6.45) is -0.426. The summed E-state index contributed by atoms with van der Waals surface area (Å²) < 4.78 is 5.66. The highest BCUT2D eigenvalue weighted by Crippen LogP contribution is 2.34. The van der Waals surface area contributed by atoms with Crippen molar-refractivity contribution in [1.82, 2.24) is 5.32 Å². The molecule has 2 N–H and O–H groups in total. The third-order valence-electron chi connectivity index (χ3n) is 3.59. The number of carbonyl (C=O) groups is 1. The lowest BCUT2D eigenvalue weighted by molar-refractivity contribution is -0.122. The third kappa shape index (κ3) is 2.89. The molecule has 1 aromatic rings. The molecule has 1 amide bonds. The molecule has 2 unspecified atom stereocenters. The molecule has 0 saturated carbocycles. The summed E-state index contributed by atoms with van der Waals surface area (Å²) in [6.45, 7) is 7.12. The van der Waals surface area contributed by atoms with E-state index in [9.17, 15) is 4.79 Å². The molecule has 19 heavy (non-hydrogen) atoms. The summed E-state index contributed by atoms with van der Waals surface area (Å²) in [5, 5.41) is 6.09. The predicted octanol–water partition coefficient (Wildman–Crippen LogP) is 2.37. The van der Waals surface area contributed by atoms with Gasteiger partial charge in [-0.3, -0.25) is 4.79 Å². The van der Waals surface area contributed by atoms with E-state index in [0.717, 1.165) is 18.0 Å². The minimum Gasteiger partial charge on any atom is -0.479 e. The average molecular weight is 262 g/mol. The monoisotopic (exact) mass is 262 g/mol. The van der Waals surface area contributed by atoms with Crippen LogP contribution in [0.25, 0.3) is 0 Å². The molecule has 104 valence electrons. The van der Waals surface area contributed by atoms with Crippen molar-refractivity contribution >= 4 is 11.6 Å². The summed E-state index contributed by atoms with van der Waals surface area (Å²) in [5.41, 5.74) is 2.00. The maximum Gasteiger partial charge on any atom is 0.265 e. The third-order valence-corrected chi connectivity index (χ3v) is 3.59. The van der Waals surface area contributed by atoms with Gasteiger partial charge in [-0.2, -0.15) is 0 Å². The number of fused-ring (bicyclic) bond motifs is 1. The van der Waals surface area contributed by atoms with Crippen LogP contribution in [0.2, 0.25) is 0 Å². The zero-order chi connectivity index (χ0) is 14.0. The van der Waals surface area contributed by atoms with Crippen molar-refractivity contribution < 1.29 is 9.53 Å². The molecule has 0 saturated heterocycles. The maximum absolute atomic E-state index is 11.5. The fraction of sp³-hybridized carbons (Fsp3) is 0.533. The summed E-state index contributed by atoms with van der Waals surface area (Å²) >= 11 is 0. The number of ether oxygens (including phenoxy) is 1. The Morgan fingerprint density at radius 2 is 2.16 bits per heavy atom. The molecule has 0 bridgehead atoms. The van der Waals surface area contributed by atoms with E-state index in [-0.39, 0.29) is 5.91 Å². The van der Waals surface area contributed by atoms with Gasteiger partial charge in [0.2, 0.25) is 0 Å². The van der Waals surface area contributed by atoms with E-state index in [1.165, 1.54) is 5.56 Å². The van der Waals surface area contributed by atoms with Gasteiger partial charge in [0.05, 0.1) is 5.69 Å². The van der Waals surface area contributed by atoms with Gasteiger partial charge >= 0.3 is 0 Å². The average Bonchev–Trinajstić information content (AvgIpc) is 2.36. The first-order valence-electron chi connectivity index (χ1n) is 6.79. The first-order chi connectivity index (χ1) is 9.02. The van der Waals surface area contributed by atoms with E-state index < -0.39 is 6.10 Å². The van der Waals surface area contributed by atoms with Crippen LogP contribution in [0.1, 0.15) is 32.3 Å². The fourth-order valence-electron chi connectivity index (χ4n) is 2.41. The lowest BCUT2D eigenvalue weighted by Crippen LogP contribution is -2.34. The molecule has 0 fully saturated rings. The van der Waals surface area contributed by atoms with Crippen LogP contribution in [0.4, 0.5) is 5.69 Å². The first kappa shape index (κ1) is 13.9. The second-order valence-corrected chi connectivity index (χ2v) is 5.41. The lowest BCUT2D eigenvalue weighted by atomic mass is 9.88. The number of nitrogens with one attached hydrogen (secondary N) is 2. The summed E-state index contributed by atoms with van der Waals surface area (Å²) in [4.78, 5) is 11.5. The van der Waals surface area contributed by atoms with Crippen LogP contribution in [0, 0.1) is 5.92 Å². The van der Waals surface area contributed by atoms with Crippen LogP contribution >= 0.6 is 0 Å². The Labute approximate surface area is 114 Å². The van der Waals surface area contributed by atoms with Gasteiger partial charge in [-0.05, 0) is 43.5 Å². The van der Waals surface area contributed by atoms with Crippen molar-refractivity contribution in [3.8, 4) is 5.75 Å². The number of benzene rings is 1. The van der Waals surface area contributed by atoms with E-state index in [2.05, 4.69) is 30.5 Å². The predicted molar refractivity (Wildman–Crippen MR) is 76.7 cm³/mol. The number of likely N-dealkylation sites (N-methyl/N-ethyl adjacent to an activating group) is 1. The molecule has 4 nitrogen and oxygen atoms in total. The minimum atomic E-state index is -0.426. The van der Waals surface area contributed by atoms with E-state index in [0.29, 0.717) is 11.8 Å². The van der Waals surface area contributed by atoms with Gasteiger partial charge < -0.3 is 15.4 Å². The van der Waals surface area contributed by atoms with Gasteiger partial charge in [0.15, 0.2) is 6.10 Å². The Kier molecular flexibility index (Phi) is 4.10. The molecule has 2 rings (SSSR count). The zero-order valence-corrected chi connectivity index (χ0v) is 12.0. The van der Waals surface area contributed by atoms with Crippen LogP contribution in [-0.2, 0) is 4.79 Å². The largest absolute Gasteiger partial charge is 0.479 e. The lowest BCUT2D eigenvalue weighted by Gasteiger charge is -2.26. The zero-order valence-electron chi connectivity index (χ0n) is 12.0. The van der Waals surface area contributed by atoms with E-state index in [1.54, 1.807) is 6.92 Å². The molecule has 1 aliphatic rings. The second-order valence-electron chi connectivity index (χ2n) is 5.41. The second kappa shape index (κ2) is 5.61. The molecule has 1 aliphatic heterocycles. The highest BCUT2D eigenvalue weighted by Gasteiger charge is 2.25. The Hall–Kier alpha value is -1.55. The first-order valence-corrected chi connectivity index (χ1v) is 6.79. The van der Waals surface area contributed by atoms with Crippen LogP contribution in [0.15, 0.2) is 18.2 Å². The Morgan fingerprint density at radius 1 is 1.42 bits per heavy atom. The molecule has 0 aromatic heterocycles. The van der Waals surface area contributed by atoms with Crippen molar-refractivity contribution in [2.45, 2.75) is 32.8 Å². The number of carbonyl (C=O) groups excluding carboxylic acids is 1. The van der Waals surface area contributed by atoms with Gasteiger partial charge in [0, 0.05) is 6.54 Å². The van der Waals surface area contributed by atoms with Gasteiger partial charge in [0.25, 0.3) is 5.91 Å².